The van der Waals surface area contributed by atoms with Crippen molar-refractivity contribution in [2.75, 3.05) is 7.11 Å². The summed E-state index contributed by atoms with van der Waals surface area (Å²) in [7, 11) is 1.58. The minimum Gasteiger partial charge on any atom is -0.333 e. The molecular formula is C16H16O3. The first-order valence-electron chi connectivity index (χ1n) is 6.32. The second-order valence-corrected chi connectivity index (χ2v) is 4.46. The van der Waals surface area contributed by atoms with Crippen molar-refractivity contribution in [2.24, 2.45) is 0 Å². The largest absolute Gasteiger partial charge is 0.333 e. The van der Waals surface area contributed by atoms with E-state index in [1.165, 1.54) is 0 Å². The lowest BCUT2D eigenvalue weighted by atomic mass is 9.99. The molecule has 2 aromatic rings. The average Bonchev–Trinajstić information content (AvgIpc) is 2.93. The average molecular weight is 256 g/mol. The van der Waals surface area contributed by atoms with E-state index in [-0.39, 0.29) is 12.2 Å². The van der Waals surface area contributed by atoms with Crippen molar-refractivity contribution in [3.63, 3.8) is 0 Å². The third-order valence-electron chi connectivity index (χ3n) is 3.24. The van der Waals surface area contributed by atoms with Crippen molar-refractivity contribution in [1.29, 1.82) is 0 Å². The van der Waals surface area contributed by atoms with Gasteiger partial charge in [-0.25, -0.2) is 0 Å². The van der Waals surface area contributed by atoms with E-state index in [2.05, 4.69) is 0 Å². The molecule has 0 radical (unpaired) electrons. The minimum absolute atomic E-state index is 0.145. The Bertz CT molecular complexity index is 465. The smallest absolute Gasteiger partial charge is 0.272 e. The van der Waals surface area contributed by atoms with E-state index in [9.17, 15) is 0 Å². The molecule has 0 spiro atoms. The summed E-state index contributed by atoms with van der Waals surface area (Å²) in [6.07, 6.45) is -0.290. The van der Waals surface area contributed by atoms with E-state index >= 15 is 0 Å². The SMILES string of the molecule is COC1O[C@H](c2ccccc2)[C@H](c2ccccc2)O1. The molecule has 3 atom stereocenters. The predicted molar refractivity (Wildman–Crippen MR) is 71.3 cm³/mol. The van der Waals surface area contributed by atoms with Crippen molar-refractivity contribution >= 4 is 0 Å². The number of methoxy groups -OCH3 is 1. The number of rotatable bonds is 3. The van der Waals surface area contributed by atoms with Crippen molar-refractivity contribution in [2.45, 2.75) is 18.7 Å². The van der Waals surface area contributed by atoms with Crippen LogP contribution in [0.15, 0.2) is 60.7 Å². The zero-order valence-electron chi connectivity index (χ0n) is 10.7. The van der Waals surface area contributed by atoms with Gasteiger partial charge in [-0.2, -0.15) is 0 Å². The van der Waals surface area contributed by atoms with Crippen molar-refractivity contribution in [1.82, 2.24) is 0 Å². The van der Waals surface area contributed by atoms with Crippen LogP contribution in [0.1, 0.15) is 23.3 Å². The van der Waals surface area contributed by atoms with Gasteiger partial charge >= 0.3 is 0 Å². The second kappa shape index (κ2) is 5.53. The highest BCUT2D eigenvalue weighted by Crippen LogP contribution is 2.42. The lowest BCUT2D eigenvalue weighted by Gasteiger charge is -2.16. The summed E-state index contributed by atoms with van der Waals surface area (Å²) in [4.78, 5) is 0. The van der Waals surface area contributed by atoms with Gasteiger partial charge in [0.2, 0.25) is 0 Å². The summed E-state index contributed by atoms with van der Waals surface area (Å²) in [6.45, 7) is -0.615. The van der Waals surface area contributed by atoms with Gasteiger partial charge in [-0.3, -0.25) is 0 Å². The minimum atomic E-state index is -0.615. The van der Waals surface area contributed by atoms with Crippen LogP contribution in [0, 0.1) is 0 Å². The van der Waals surface area contributed by atoms with Crippen molar-refractivity contribution in [3.8, 4) is 0 Å². The summed E-state index contributed by atoms with van der Waals surface area (Å²) < 4.78 is 16.8. The van der Waals surface area contributed by atoms with Gasteiger partial charge < -0.3 is 14.2 Å². The van der Waals surface area contributed by atoms with Crippen LogP contribution >= 0.6 is 0 Å². The van der Waals surface area contributed by atoms with Gasteiger partial charge in [0.1, 0.15) is 12.2 Å². The molecule has 1 saturated heterocycles. The maximum atomic E-state index is 5.82. The Morgan fingerprint density at radius 2 is 1.16 bits per heavy atom. The standard InChI is InChI=1S/C16H16O3/c1-17-16-18-14(12-8-4-2-5-9-12)15(19-16)13-10-6-3-7-11-13/h2-11,14-16H,1H3/t14-,15+,16?. The zero-order chi connectivity index (χ0) is 13.1. The number of hydrogen-bond acceptors (Lipinski definition) is 3. The molecule has 0 saturated carbocycles. The Kier molecular flexibility index (Phi) is 3.60. The molecule has 1 aliphatic rings. The predicted octanol–water partition coefficient (Wildman–Crippen LogP) is 3.45. The lowest BCUT2D eigenvalue weighted by molar-refractivity contribution is -0.229. The van der Waals surface area contributed by atoms with Crippen molar-refractivity contribution < 1.29 is 14.2 Å². The Labute approximate surface area is 112 Å². The molecule has 2 aromatic carbocycles. The summed E-state index contributed by atoms with van der Waals surface area (Å²) in [6, 6.07) is 20.2. The van der Waals surface area contributed by atoms with E-state index in [4.69, 9.17) is 14.2 Å². The maximum absolute atomic E-state index is 5.82. The van der Waals surface area contributed by atoms with Gasteiger partial charge in [-0.15, -0.1) is 0 Å². The number of ether oxygens (including phenoxy) is 3. The summed E-state index contributed by atoms with van der Waals surface area (Å²) >= 11 is 0. The molecular weight excluding hydrogens is 240 g/mol. The van der Waals surface area contributed by atoms with Gasteiger partial charge in [0.05, 0.1) is 0 Å². The highest BCUT2D eigenvalue weighted by Gasteiger charge is 2.38. The van der Waals surface area contributed by atoms with Crippen LogP contribution in [0.5, 0.6) is 0 Å². The van der Waals surface area contributed by atoms with Crippen LogP contribution in [0.2, 0.25) is 0 Å². The first-order valence-corrected chi connectivity index (χ1v) is 6.32. The summed E-state index contributed by atoms with van der Waals surface area (Å²) in [5, 5.41) is 0. The fourth-order valence-corrected chi connectivity index (χ4v) is 2.32. The fourth-order valence-electron chi connectivity index (χ4n) is 2.32. The topological polar surface area (TPSA) is 27.7 Å². The highest BCUT2D eigenvalue weighted by molar-refractivity contribution is 5.26. The first kappa shape index (κ1) is 12.4. The molecule has 3 rings (SSSR count). The molecule has 1 fully saturated rings. The molecule has 0 amide bonds. The van der Waals surface area contributed by atoms with E-state index < -0.39 is 6.48 Å². The second-order valence-electron chi connectivity index (χ2n) is 4.46. The Hall–Kier alpha value is -1.68. The van der Waals surface area contributed by atoms with Crippen LogP contribution in [0.25, 0.3) is 0 Å². The molecule has 1 unspecified atom stereocenters. The molecule has 1 aliphatic heterocycles. The van der Waals surface area contributed by atoms with Crippen LogP contribution in [0.3, 0.4) is 0 Å². The van der Waals surface area contributed by atoms with E-state index in [1.807, 2.05) is 60.7 Å². The molecule has 0 aromatic heterocycles. The number of benzene rings is 2. The maximum Gasteiger partial charge on any atom is 0.272 e. The first-order chi connectivity index (χ1) is 9.38. The van der Waals surface area contributed by atoms with Gasteiger partial charge in [-0.1, -0.05) is 60.7 Å². The Balaban J connectivity index is 1.92. The fraction of sp³-hybridized carbons (Fsp3) is 0.250. The molecule has 1 heterocycles. The van der Waals surface area contributed by atoms with E-state index in [1.54, 1.807) is 7.11 Å². The molecule has 0 aliphatic carbocycles. The van der Waals surface area contributed by atoms with E-state index in [0.717, 1.165) is 11.1 Å². The highest BCUT2D eigenvalue weighted by atomic mass is 16.9. The van der Waals surface area contributed by atoms with Crippen LogP contribution in [0.4, 0.5) is 0 Å². The third kappa shape index (κ3) is 2.54. The van der Waals surface area contributed by atoms with Crippen LogP contribution < -0.4 is 0 Å². The quantitative estimate of drug-likeness (QED) is 0.842. The summed E-state index contributed by atoms with van der Waals surface area (Å²) in [5.41, 5.74) is 2.19. The molecule has 0 bridgehead atoms. The van der Waals surface area contributed by atoms with Crippen molar-refractivity contribution in [3.05, 3.63) is 71.8 Å². The lowest BCUT2D eigenvalue weighted by Crippen LogP contribution is -2.09. The normalized spacial score (nSPS) is 26.5. The van der Waals surface area contributed by atoms with Crippen LogP contribution in [-0.4, -0.2) is 13.6 Å². The molecule has 0 N–H and O–H groups in total. The molecule has 19 heavy (non-hydrogen) atoms. The van der Waals surface area contributed by atoms with Crippen LogP contribution in [-0.2, 0) is 14.2 Å². The Morgan fingerprint density at radius 3 is 1.53 bits per heavy atom. The summed E-state index contributed by atoms with van der Waals surface area (Å²) in [5.74, 6) is 0. The molecule has 98 valence electrons. The molecule has 3 heteroatoms. The van der Waals surface area contributed by atoms with Gasteiger partial charge in [0.25, 0.3) is 6.48 Å². The monoisotopic (exact) mass is 256 g/mol. The Morgan fingerprint density at radius 1 is 0.737 bits per heavy atom. The van der Waals surface area contributed by atoms with Gasteiger partial charge in [0, 0.05) is 7.11 Å². The third-order valence-corrected chi connectivity index (χ3v) is 3.24. The number of hydrogen-bond donors (Lipinski definition) is 0. The van der Waals surface area contributed by atoms with Gasteiger partial charge in [0.15, 0.2) is 0 Å². The van der Waals surface area contributed by atoms with E-state index in [0.29, 0.717) is 0 Å². The molecule has 3 nitrogen and oxygen atoms in total. The van der Waals surface area contributed by atoms with Gasteiger partial charge in [-0.05, 0) is 11.1 Å². The zero-order valence-corrected chi connectivity index (χ0v) is 10.7.